The van der Waals surface area contributed by atoms with Crippen molar-refractivity contribution in [3.63, 3.8) is 0 Å². The molecule has 0 aliphatic heterocycles. The van der Waals surface area contributed by atoms with Crippen molar-refractivity contribution in [3.05, 3.63) is 77.4 Å². The summed E-state index contributed by atoms with van der Waals surface area (Å²) in [6.07, 6.45) is 3.98. The molecule has 3 heterocycles. The monoisotopic (exact) mass is 359 g/mol. The molecule has 0 bridgehead atoms. The molecule has 5 nitrogen and oxygen atoms in total. The van der Waals surface area contributed by atoms with E-state index >= 15 is 0 Å². The molecular formula is C20H17N5S. The largest absolute Gasteiger partial charge is 0.322 e. The highest BCUT2D eigenvalue weighted by Gasteiger charge is 2.15. The summed E-state index contributed by atoms with van der Waals surface area (Å²) in [7, 11) is 0. The lowest BCUT2D eigenvalue weighted by atomic mass is 10.2. The molecule has 0 N–H and O–H groups in total. The van der Waals surface area contributed by atoms with Gasteiger partial charge in [0.2, 0.25) is 0 Å². The molecule has 6 heteroatoms. The molecule has 26 heavy (non-hydrogen) atoms. The van der Waals surface area contributed by atoms with Crippen molar-refractivity contribution in [2.24, 2.45) is 0 Å². The van der Waals surface area contributed by atoms with Crippen molar-refractivity contribution >= 4 is 17.3 Å². The summed E-state index contributed by atoms with van der Waals surface area (Å²) in [6, 6.07) is 16.5. The van der Waals surface area contributed by atoms with E-state index in [0.29, 0.717) is 5.75 Å². The zero-order valence-corrected chi connectivity index (χ0v) is 15.4. The molecule has 0 radical (unpaired) electrons. The maximum Gasteiger partial charge on any atom is 0.196 e. The van der Waals surface area contributed by atoms with Crippen LogP contribution in [0.2, 0.25) is 0 Å². The number of aromatic nitrogens is 4. The number of benzene rings is 1. The second-order valence-electron chi connectivity index (χ2n) is 6.12. The predicted octanol–water partition coefficient (Wildman–Crippen LogP) is 4.30. The van der Waals surface area contributed by atoms with Gasteiger partial charge in [-0.3, -0.25) is 4.57 Å². The molecule has 0 saturated heterocycles. The van der Waals surface area contributed by atoms with Crippen LogP contribution in [-0.4, -0.2) is 19.2 Å². The number of hydrogen-bond donors (Lipinski definition) is 0. The molecule has 4 rings (SSSR count). The van der Waals surface area contributed by atoms with Crippen LogP contribution in [0.3, 0.4) is 0 Å². The first-order valence-electron chi connectivity index (χ1n) is 8.28. The van der Waals surface area contributed by atoms with Gasteiger partial charge in [0.05, 0.1) is 11.1 Å². The van der Waals surface area contributed by atoms with Crippen LogP contribution >= 0.6 is 11.8 Å². The Hall–Kier alpha value is -3.04. The Bertz CT molecular complexity index is 1120. The average Bonchev–Trinajstić information content (AvgIpc) is 3.20. The molecule has 0 aliphatic rings. The molecule has 0 aliphatic carbocycles. The molecule has 0 fully saturated rings. The third-order valence-corrected chi connectivity index (χ3v) is 5.30. The molecule has 0 amide bonds. The number of pyridine rings is 1. The van der Waals surface area contributed by atoms with Crippen molar-refractivity contribution in [2.75, 3.05) is 0 Å². The van der Waals surface area contributed by atoms with Gasteiger partial charge in [-0.1, -0.05) is 35.5 Å². The standard InChI is InChI=1S/C20H17N5S/c1-14-6-8-17(9-7-14)25-15(2)22-23-20(25)26-13-16-12-24-10-4-3-5-19(24)18(16)11-21/h3-10,12H,13H2,1-2H3. The van der Waals surface area contributed by atoms with Crippen LogP contribution in [0, 0.1) is 25.2 Å². The molecular weight excluding hydrogens is 342 g/mol. The van der Waals surface area contributed by atoms with Crippen LogP contribution in [-0.2, 0) is 5.75 Å². The zero-order valence-electron chi connectivity index (χ0n) is 14.5. The molecule has 0 spiro atoms. The van der Waals surface area contributed by atoms with Crippen molar-refractivity contribution in [1.82, 2.24) is 19.2 Å². The number of thioether (sulfide) groups is 1. The second-order valence-corrected chi connectivity index (χ2v) is 7.07. The number of nitrogens with zero attached hydrogens (tertiary/aromatic N) is 5. The average molecular weight is 359 g/mol. The Morgan fingerprint density at radius 1 is 1.08 bits per heavy atom. The lowest BCUT2D eigenvalue weighted by Crippen LogP contribution is -1.99. The molecule has 0 saturated carbocycles. The van der Waals surface area contributed by atoms with Gasteiger partial charge in [-0.25, -0.2) is 0 Å². The number of hydrogen-bond acceptors (Lipinski definition) is 4. The summed E-state index contributed by atoms with van der Waals surface area (Å²) in [6.45, 7) is 4.02. The Morgan fingerprint density at radius 2 is 1.88 bits per heavy atom. The molecule has 3 aromatic heterocycles. The number of fused-ring (bicyclic) bond motifs is 1. The lowest BCUT2D eigenvalue weighted by molar-refractivity contribution is 0.867. The van der Waals surface area contributed by atoms with E-state index in [0.717, 1.165) is 33.3 Å². The van der Waals surface area contributed by atoms with Gasteiger partial charge in [-0.15, -0.1) is 10.2 Å². The van der Waals surface area contributed by atoms with Gasteiger partial charge >= 0.3 is 0 Å². The fourth-order valence-electron chi connectivity index (χ4n) is 2.99. The first-order chi connectivity index (χ1) is 12.7. The van der Waals surface area contributed by atoms with Gasteiger partial charge in [-0.05, 0) is 43.7 Å². The number of aryl methyl sites for hydroxylation is 2. The van der Waals surface area contributed by atoms with Gasteiger partial charge < -0.3 is 4.40 Å². The summed E-state index contributed by atoms with van der Waals surface area (Å²) in [5.41, 5.74) is 4.91. The van der Waals surface area contributed by atoms with Crippen LogP contribution in [0.15, 0.2) is 60.0 Å². The van der Waals surface area contributed by atoms with Crippen LogP contribution in [0.1, 0.15) is 22.5 Å². The van der Waals surface area contributed by atoms with E-state index in [-0.39, 0.29) is 0 Å². The minimum atomic E-state index is 0.661. The van der Waals surface area contributed by atoms with E-state index in [1.54, 1.807) is 11.8 Å². The first kappa shape index (κ1) is 16.4. The SMILES string of the molecule is Cc1ccc(-n2c(C)nnc2SCc2cn3ccccc3c2C#N)cc1. The summed E-state index contributed by atoms with van der Waals surface area (Å²) in [4.78, 5) is 0. The third-order valence-electron chi connectivity index (χ3n) is 4.32. The summed E-state index contributed by atoms with van der Waals surface area (Å²) in [5, 5.41) is 18.9. The highest BCUT2D eigenvalue weighted by molar-refractivity contribution is 7.98. The van der Waals surface area contributed by atoms with Crippen LogP contribution < -0.4 is 0 Å². The topological polar surface area (TPSA) is 58.9 Å². The molecule has 0 atom stereocenters. The first-order valence-corrected chi connectivity index (χ1v) is 9.26. The van der Waals surface area contributed by atoms with Crippen LogP contribution in [0.5, 0.6) is 0 Å². The van der Waals surface area contributed by atoms with Crippen molar-refractivity contribution in [3.8, 4) is 11.8 Å². The molecule has 1 aromatic carbocycles. The van der Waals surface area contributed by atoms with Gasteiger partial charge in [-0.2, -0.15) is 5.26 Å². The zero-order chi connectivity index (χ0) is 18.1. The van der Waals surface area contributed by atoms with E-state index in [1.165, 1.54) is 5.56 Å². The summed E-state index contributed by atoms with van der Waals surface area (Å²) >= 11 is 1.59. The maximum absolute atomic E-state index is 9.56. The smallest absolute Gasteiger partial charge is 0.196 e. The van der Waals surface area contributed by atoms with Gasteiger partial charge in [0.25, 0.3) is 0 Å². The Morgan fingerprint density at radius 3 is 2.65 bits per heavy atom. The van der Waals surface area contributed by atoms with Gasteiger partial charge in [0, 0.05) is 23.8 Å². The second kappa shape index (κ2) is 6.70. The van der Waals surface area contributed by atoms with Crippen LogP contribution in [0.4, 0.5) is 0 Å². The van der Waals surface area contributed by atoms with E-state index in [4.69, 9.17) is 0 Å². The van der Waals surface area contributed by atoms with Gasteiger partial charge in [0.15, 0.2) is 5.16 Å². The molecule has 0 unspecified atom stereocenters. The Balaban J connectivity index is 1.66. The minimum absolute atomic E-state index is 0.661. The van der Waals surface area contributed by atoms with Crippen molar-refractivity contribution < 1.29 is 0 Å². The third kappa shape index (κ3) is 2.87. The quantitative estimate of drug-likeness (QED) is 0.510. The van der Waals surface area contributed by atoms with E-state index in [1.807, 2.05) is 46.5 Å². The Labute approximate surface area is 155 Å². The molecule has 128 valence electrons. The number of nitriles is 1. The van der Waals surface area contributed by atoms with Crippen LogP contribution in [0.25, 0.3) is 11.2 Å². The minimum Gasteiger partial charge on any atom is -0.322 e. The Kier molecular flexibility index (Phi) is 4.23. The van der Waals surface area contributed by atoms with E-state index in [2.05, 4.69) is 47.5 Å². The van der Waals surface area contributed by atoms with Crippen molar-refractivity contribution in [2.45, 2.75) is 24.8 Å². The highest BCUT2D eigenvalue weighted by Crippen LogP contribution is 2.28. The fourth-order valence-corrected chi connectivity index (χ4v) is 3.95. The summed E-state index contributed by atoms with van der Waals surface area (Å²) in [5.74, 6) is 1.51. The van der Waals surface area contributed by atoms with E-state index in [9.17, 15) is 5.26 Å². The molecule has 4 aromatic rings. The lowest BCUT2D eigenvalue weighted by Gasteiger charge is -2.08. The van der Waals surface area contributed by atoms with E-state index < -0.39 is 0 Å². The fraction of sp³-hybridized carbons (Fsp3) is 0.150. The van der Waals surface area contributed by atoms with Crippen molar-refractivity contribution in [1.29, 1.82) is 5.26 Å². The predicted molar refractivity (Wildman–Crippen MR) is 103 cm³/mol. The maximum atomic E-state index is 9.56. The number of rotatable bonds is 4. The van der Waals surface area contributed by atoms with Gasteiger partial charge in [0.1, 0.15) is 11.9 Å². The highest BCUT2D eigenvalue weighted by atomic mass is 32.2. The summed E-state index contributed by atoms with van der Waals surface area (Å²) < 4.78 is 4.04. The normalized spacial score (nSPS) is 11.0.